The number of unbranched alkanes of at least 4 members (excludes halogenated alkanes) is 3. The van der Waals surface area contributed by atoms with E-state index in [1.54, 1.807) is 7.11 Å². The summed E-state index contributed by atoms with van der Waals surface area (Å²) in [5, 5.41) is 0. The Balaban J connectivity index is 1.77. The Morgan fingerprint density at radius 1 is 1.21 bits per heavy atom. The van der Waals surface area contributed by atoms with Gasteiger partial charge in [0.15, 0.2) is 0 Å². The van der Waals surface area contributed by atoms with Crippen LogP contribution in [0, 0.1) is 0 Å². The minimum atomic E-state index is 0.833. The largest absolute Gasteiger partial charge is 0.494 e. The zero-order valence-corrected chi connectivity index (χ0v) is 14.4. The molecule has 0 fully saturated rings. The number of hydrogen-bond donors (Lipinski definition) is 2. The number of nitrogens with zero attached hydrogens (tertiary/aromatic N) is 1. The number of aromatic amines is 2. The molecule has 0 aliphatic carbocycles. The van der Waals surface area contributed by atoms with Gasteiger partial charge >= 0.3 is 0 Å². The average molecular weight is 323 g/mol. The van der Waals surface area contributed by atoms with E-state index in [4.69, 9.17) is 4.74 Å². The second kappa shape index (κ2) is 7.86. The number of ether oxygens (including phenoxy) is 1. The van der Waals surface area contributed by atoms with Gasteiger partial charge in [0.05, 0.1) is 29.9 Å². The van der Waals surface area contributed by atoms with E-state index >= 15 is 0 Å². The Kier molecular flexibility index (Phi) is 5.36. The molecular formula is C20H25N3O. The Hall–Kier alpha value is -2.49. The van der Waals surface area contributed by atoms with Gasteiger partial charge in [-0.2, -0.15) is 0 Å². The maximum Gasteiger partial charge on any atom is 0.144 e. The average Bonchev–Trinajstić information content (AvgIpc) is 3.33. The number of aromatic nitrogens is 2. The van der Waals surface area contributed by atoms with Crippen molar-refractivity contribution in [2.24, 2.45) is 4.99 Å². The highest BCUT2D eigenvalue weighted by atomic mass is 16.5. The topological polar surface area (TPSA) is 53.2 Å². The van der Waals surface area contributed by atoms with Gasteiger partial charge in [-0.05, 0) is 42.7 Å². The van der Waals surface area contributed by atoms with Crippen LogP contribution in [0.25, 0.3) is 17.5 Å². The van der Waals surface area contributed by atoms with E-state index in [1.807, 2.05) is 30.6 Å². The molecule has 4 heteroatoms. The lowest BCUT2D eigenvalue weighted by molar-refractivity contribution is 0.414. The summed E-state index contributed by atoms with van der Waals surface area (Å²) in [6.07, 6.45) is 14.2. The van der Waals surface area contributed by atoms with Crippen molar-refractivity contribution >= 4 is 12.3 Å². The van der Waals surface area contributed by atoms with Crippen LogP contribution < -0.4 is 4.74 Å². The van der Waals surface area contributed by atoms with Crippen molar-refractivity contribution in [2.75, 3.05) is 7.11 Å². The van der Waals surface area contributed by atoms with Gasteiger partial charge in [0, 0.05) is 18.5 Å². The van der Waals surface area contributed by atoms with Crippen molar-refractivity contribution < 1.29 is 4.74 Å². The van der Waals surface area contributed by atoms with Crippen LogP contribution in [-0.4, -0.2) is 23.3 Å². The van der Waals surface area contributed by atoms with Crippen LogP contribution >= 0.6 is 0 Å². The lowest BCUT2D eigenvalue weighted by Gasteiger charge is -2.05. The van der Waals surface area contributed by atoms with Crippen molar-refractivity contribution in [1.82, 2.24) is 9.97 Å². The molecule has 3 heterocycles. The fraction of sp³-hybridized carbons (Fsp3) is 0.350. The third kappa shape index (κ3) is 3.70. The number of aliphatic imine (C=N–C) groups is 1. The normalized spacial score (nSPS) is 15.2. The fourth-order valence-electron chi connectivity index (χ4n) is 2.97. The van der Waals surface area contributed by atoms with Crippen LogP contribution in [0.3, 0.4) is 0 Å². The van der Waals surface area contributed by atoms with Crippen molar-refractivity contribution in [3.63, 3.8) is 0 Å². The molecule has 0 saturated heterocycles. The van der Waals surface area contributed by atoms with Crippen LogP contribution in [0.2, 0.25) is 0 Å². The number of allylic oxidation sites excluding steroid dienone is 2. The molecule has 0 saturated carbocycles. The second-order valence-corrected chi connectivity index (χ2v) is 6.06. The van der Waals surface area contributed by atoms with Crippen LogP contribution in [0.4, 0.5) is 0 Å². The molecule has 126 valence electrons. The van der Waals surface area contributed by atoms with E-state index in [2.05, 4.69) is 34.0 Å². The first-order chi connectivity index (χ1) is 11.8. The SMILES string of the molecule is CCCCCCC1=CC=NC1=Cc1[nH]c(-c2ccc[nH]2)cc1OC. The molecule has 0 aromatic carbocycles. The molecular weight excluding hydrogens is 298 g/mol. The highest BCUT2D eigenvalue weighted by molar-refractivity contribution is 5.82. The second-order valence-electron chi connectivity index (χ2n) is 6.06. The zero-order valence-electron chi connectivity index (χ0n) is 14.4. The maximum absolute atomic E-state index is 5.52. The summed E-state index contributed by atoms with van der Waals surface area (Å²) in [5.41, 5.74) is 5.35. The van der Waals surface area contributed by atoms with Gasteiger partial charge in [-0.3, -0.25) is 4.99 Å². The quantitative estimate of drug-likeness (QED) is 0.633. The van der Waals surface area contributed by atoms with Crippen molar-refractivity contribution in [3.8, 4) is 17.1 Å². The summed E-state index contributed by atoms with van der Waals surface area (Å²) in [7, 11) is 1.70. The molecule has 4 nitrogen and oxygen atoms in total. The summed E-state index contributed by atoms with van der Waals surface area (Å²) in [6, 6.07) is 6.04. The molecule has 1 aliphatic heterocycles. The van der Waals surface area contributed by atoms with Gasteiger partial charge < -0.3 is 14.7 Å². The Labute approximate surface area is 143 Å². The Morgan fingerprint density at radius 2 is 2.12 bits per heavy atom. The lowest BCUT2D eigenvalue weighted by atomic mass is 10.0. The van der Waals surface area contributed by atoms with Crippen molar-refractivity contribution in [2.45, 2.75) is 39.0 Å². The molecule has 3 rings (SSSR count). The van der Waals surface area contributed by atoms with Crippen LogP contribution in [0.15, 0.2) is 46.7 Å². The van der Waals surface area contributed by atoms with E-state index in [1.165, 1.54) is 31.3 Å². The number of hydrogen-bond acceptors (Lipinski definition) is 2. The molecule has 1 aliphatic rings. The molecule has 2 aromatic heterocycles. The number of rotatable bonds is 8. The van der Waals surface area contributed by atoms with Crippen molar-refractivity contribution in [1.29, 1.82) is 0 Å². The first kappa shape index (κ1) is 16.4. The van der Waals surface area contributed by atoms with Gasteiger partial charge in [0.2, 0.25) is 0 Å². The number of nitrogens with one attached hydrogen (secondary N) is 2. The van der Waals surface area contributed by atoms with Gasteiger partial charge in [0.25, 0.3) is 0 Å². The Bertz CT molecular complexity index is 748. The third-order valence-corrected chi connectivity index (χ3v) is 4.32. The van der Waals surface area contributed by atoms with E-state index in [0.717, 1.165) is 34.9 Å². The minimum Gasteiger partial charge on any atom is -0.494 e. The summed E-state index contributed by atoms with van der Waals surface area (Å²) >= 11 is 0. The predicted molar refractivity (Wildman–Crippen MR) is 100 cm³/mol. The zero-order chi connectivity index (χ0) is 16.8. The molecule has 0 spiro atoms. The number of H-pyrrole nitrogens is 2. The van der Waals surface area contributed by atoms with Crippen LogP contribution in [0.5, 0.6) is 5.75 Å². The highest BCUT2D eigenvalue weighted by Crippen LogP contribution is 2.31. The maximum atomic E-state index is 5.52. The van der Waals surface area contributed by atoms with E-state index in [0.29, 0.717) is 0 Å². The molecule has 0 atom stereocenters. The summed E-state index contributed by atoms with van der Waals surface area (Å²) in [6.45, 7) is 2.24. The first-order valence-corrected chi connectivity index (χ1v) is 8.68. The highest BCUT2D eigenvalue weighted by Gasteiger charge is 2.13. The van der Waals surface area contributed by atoms with E-state index in [9.17, 15) is 0 Å². The first-order valence-electron chi connectivity index (χ1n) is 8.68. The molecule has 24 heavy (non-hydrogen) atoms. The fourth-order valence-corrected chi connectivity index (χ4v) is 2.97. The van der Waals surface area contributed by atoms with Gasteiger partial charge in [-0.1, -0.05) is 26.2 Å². The molecule has 0 radical (unpaired) electrons. The van der Waals surface area contributed by atoms with Gasteiger partial charge in [-0.15, -0.1) is 0 Å². The molecule has 0 unspecified atom stereocenters. The lowest BCUT2D eigenvalue weighted by Crippen LogP contribution is -1.88. The van der Waals surface area contributed by atoms with Gasteiger partial charge in [-0.25, -0.2) is 0 Å². The smallest absolute Gasteiger partial charge is 0.144 e. The summed E-state index contributed by atoms with van der Waals surface area (Å²) < 4.78 is 5.52. The number of methoxy groups -OCH3 is 1. The minimum absolute atomic E-state index is 0.833. The predicted octanol–water partition coefficient (Wildman–Crippen LogP) is 5.34. The molecule has 2 N–H and O–H groups in total. The Morgan fingerprint density at radius 3 is 2.88 bits per heavy atom. The molecule has 2 aromatic rings. The standard InChI is InChI=1S/C20H25N3O/c1-3-4-5-6-8-15-10-12-22-17(15)13-19-20(24-2)14-18(23-19)16-9-7-11-21-16/h7,9-14,21,23H,3-6,8H2,1-2H3. The molecule has 0 bridgehead atoms. The van der Waals surface area contributed by atoms with Crippen LogP contribution in [0.1, 0.15) is 44.7 Å². The summed E-state index contributed by atoms with van der Waals surface area (Å²) in [5.74, 6) is 0.833. The van der Waals surface area contributed by atoms with Gasteiger partial charge in [0.1, 0.15) is 5.75 Å². The third-order valence-electron chi connectivity index (χ3n) is 4.32. The van der Waals surface area contributed by atoms with E-state index in [-0.39, 0.29) is 0 Å². The monoisotopic (exact) mass is 323 g/mol. The van der Waals surface area contributed by atoms with E-state index < -0.39 is 0 Å². The van der Waals surface area contributed by atoms with Crippen molar-refractivity contribution in [3.05, 3.63) is 47.4 Å². The summed E-state index contributed by atoms with van der Waals surface area (Å²) in [4.78, 5) is 11.2. The molecule has 0 amide bonds. The van der Waals surface area contributed by atoms with Crippen LogP contribution in [-0.2, 0) is 0 Å².